The molecule has 0 bridgehead atoms. The smallest absolute Gasteiger partial charge is 0.224 e. The third kappa shape index (κ3) is 7.17. The fourth-order valence-electron chi connectivity index (χ4n) is 1.98. The van der Waals surface area contributed by atoms with E-state index in [1.165, 1.54) is 25.7 Å². The molecule has 0 heterocycles. The highest BCUT2D eigenvalue weighted by molar-refractivity contribution is 5.90. The standard InChI is InChI=1S/C17H27NO2/c1-3-5-6-7-8-14-20-16-12-10-15(11-13-16)18-17(19)9-4-2/h10-13H,3-9,14H2,1-2H3,(H,18,19). The molecule has 0 spiro atoms. The van der Waals surface area contributed by atoms with E-state index in [1.807, 2.05) is 31.2 Å². The van der Waals surface area contributed by atoms with Gasteiger partial charge in [0.05, 0.1) is 6.61 Å². The Morgan fingerprint density at radius 1 is 1.00 bits per heavy atom. The number of carbonyl (C=O) groups excluding carboxylic acids is 1. The highest BCUT2D eigenvalue weighted by Crippen LogP contribution is 2.16. The minimum Gasteiger partial charge on any atom is -0.494 e. The van der Waals surface area contributed by atoms with Crippen molar-refractivity contribution < 1.29 is 9.53 Å². The van der Waals surface area contributed by atoms with Crippen molar-refractivity contribution in [1.29, 1.82) is 0 Å². The summed E-state index contributed by atoms with van der Waals surface area (Å²) >= 11 is 0. The van der Waals surface area contributed by atoms with E-state index in [0.29, 0.717) is 6.42 Å². The third-order valence-corrected chi connectivity index (χ3v) is 3.13. The van der Waals surface area contributed by atoms with Crippen LogP contribution in [0.5, 0.6) is 5.75 Å². The summed E-state index contributed by atoms with van der Waals surface area (Å²) in [6.07, 6.45) is 7.65. The van der Waals surface area contributed by atoms with Gasteiger partial charge >= 0.3 is 0 Å². The monoisotopic (exact) mass is 277 g/mol. The van der Waals surface area contributed by atoms with Crippen LogP contribution in [0.4, 0.5) is 5.69 Å². The second-order valence-corrected chi connectivity index (χ2v) is 5.09. The number of ether oxygens (including phenoxy) is 1. The van der Waals surface area contributed by atoms with Crippen LogP contribution in [0.1, 0.15) is 58.8 Å². The molecular weight excluding hydrogens is 250 g/mol. The predicted molar refractivity (Wildman–Crippen MR) is 84.2 cm³/mol. The lowest BCUT2D eigenvalue weighted by Crippen LogP contribution is -2.10. The molecule has 0 aromatic heterocycles. The molecule has 0 saturated carbocycles. The molecule has 1 aromatic carbocycles. The number of unbranched alkanes of at least 4 members (excludes halogenated alkanes) is 4. The van der Waals surface area contributed by atoms with Crippen molar-refractivity contribution in [3.05, 3.63) is 24.3 Å². The van der Waals surface area contributed by atoms with E-state index in [1.54, 1.807) is 0 Å². The third-order valence-electron chi connectivity index (χ3n) is 3.13. The van der Waals surface area contributed by atoms with Gasteiger partial charge in [0.15, 0.2) is 0 Å². The average molecular weight is 277 g/mol. The molecule has 0 aliphatic rings. The number of carbonyl (C=O) groups is 1. The molecule has 0 saturated heterocycles. The highest BCUT2D eigenvalue weighted by atomic mass is 16.5. The van der Waals surface area contributed by atoms with Gasteiger partial charge in [-0.05, 0) is 37.1 Å². The second kappa shape index (κ2) is 10.3. The minimum atomic E-state index is 0.0668. The van der Waals surface area contributed by atoms with E-state index < -0.39 is 0 Å². The van der Waals surface area contributed by atoms with E-state index in [0.717, 1.165) is 30.9 Å². The normalized spacial score (nSPS) is 10.3. The molecule has 0 unspecified atom stereocenters. The molecule has 0 aliphatic heterocycles. The molecule has 1 amide bonds. The minimum absolute atomic E-state index is 0.0668. The number of hydrogen-bond donors (Lipinski definition) is 1. The van der Waals surface area contributed by atoms with Gasteiger partial charge in [-0.25, -0.2) is 0 Å². The Bertz CT molecular complexity index is 373. The first-order chi connectivity index (χ1) is 9.76. The van der Waals surface area contributed by atoms with Crippen molar-refractivity contribution in [2.45, 2.75) is 58.8 Å². The summed E-state index contributed by atoms with van der Waals surface area (Å²) in [7, 11) is 0. The number of nitrogens with one attached hydrogen (secondary N) is 1. The van der Waals surface area contributed by atoms with Crippen molar-refractivity contribution in [1.82, 2.24) is 0 Å². The summed E-state index contributed by atoms with van der Waals surface area (Å²) in [6.45, 7) is 4.99. The van der Waals surface area contributed by atoms with Gasteiger partial charge in [-0.1, -0.05) is 39.5 Å². The van der Waals surface area contributed by atoms with Crippen molar-refractivity contribution >= 4 is 11.6 Å². The van der Waals surface area contributed by atoms with Crippen LogP contribution in [0.3, 0.4) is 0 Å². The number of amides is 1. The first kappa shape index (κ1) is 16.5. The molecule has 0 fully saturated rings. The van der Waals surface area contributed by atoms with E-state index in [-0.39, 0.29) is 5.91 Å². The van der Waals surface area contributed by atoms with E-state index >= 15 is 0 Å². The van der Waals surface area contributed by atoms with Crippen molar-refractivity contribution in [2.24, 2.45) is 0 Å². The van der Waals surface area contributed by atoms with Gasteiger partial charge in [0.2, 0.25) is 5.91 Å². The topological polar surface area (TPSA) is 38.3 Å². The van der Waals surface area contributed by atoms with Gasteiger partial charge in [0.25, 0.3) is 0 Å². The van der Waals surface area contributed by atoms with Crippen LogP contribution < -0.4 is 10.1 Å². The number of hydrogen-bond acceptors (Lipinski definition) is 2. The van der Waals surface area contributed by atoms with E-state index in [2.05, 4.69) is 12.2 Å². The van der Waals surface area contributed by atoms with E-state index in [4.69, 9.17) is 4.74 Å². The van der Waals surface area contributed by atoms with Crippen LogP contribution in [0.2, 0.25) is 0 Å². The molecule has 20 heavy (non-hydrogen) atoms. The number of rotatable bonds is 10. The zero-order chi connectivity index (χ0) is 14.6. The van der Waals surface area contributed by atoms with Crippen molar-refractivity contribution in [3.8, 4) is 5.75 Å². The molecule has 0 radical (unpaired) electrons. The molecule has 0 atom stereocenters. The Kier molecular flexibility index (Phi) is 8.52. The molecule has 1 rings (SSSR count). The van der Waals surface area contributed by atoms with Gasteiger partial charge in [0, 0.05) is 12.1 Å². The maximum Gasteiger partial charge on any atom is 0.224 e. The van der Waals surface area contributed by atoms with Crippen LogP contribution in [0.25, 0.3) is 0 Å². The zero-order valence-corrected chi connectivity index (χ0v) is 12.8. The van der Waals surface area contributed by atoms with E-state index in [9.17, 15) is 4.79 Å². The summed E-state index contributed by atoms with van der Waals surface area (Å²) in [4.78, 5) is 11.5. The summed E-state index contributed by atoms with van der Waals surface area (Å²) in [5, 5.41) is 2.87. The maximum absolute atomic E-state index is 11.5. The molecule has 0 aliphatic carbocycles. The highest BCUT2D eigenvalue weighted by Gasteiger charge is 2.01. The molecule has 1 aromatic rings. The fraction of sp³-hybridized carbons (Fsp3) is 0.588. The summed E-state index contributed by atoms with van der Waals surface area (Å²) in [5.74, 6) is 0.936. The first-order valence-electron chi connectivity index (χ1n) is 7.79. The van der Waals surface area contributed by atoms with Gasteiger partial charge in [0.1, 0.15) is 5.75 Å². The van der Waals surface area contributed by atoms with Gasteiger partial charge in [-0.2, -0.15) is 0 Å². The van der Waals surface area contributed by atoms with Gasteiger partial charge < -0.3 is 10.1 Å². The maximum atomic E-state index is 11.5. The quantitative estimate of drug-likeness (QED) is 0.625. The van der Waals surface area contributed by atoms with Crippen LogP contribution in [0, 0.1) is 0 Å². The lowest BCUT2D eigenvalue weighted by molar-refractivity contribution is -0.116. The molecule has 3 nitrogen and oxygen atoms in total. The van der Waals surface area contributed by atoms with Crippen LogP contribution >= 0.6 is 0 Å². The van der Waals surface area contributed by atoms with Crippen molar-refractivity contribution in [2.75, 3.05) is 11.9 Å². The summed E-state index contributed by atoms with van der Waals surface area (Å²) in [5.41, 5.74) is 0.832. The van der Waals surface area contributed by atoms with Crippen LogP contribution in [-0.4, -0.2) is 12.5 Å². The predicted octanol–water partition coefficient (Wildman–Crippen LogP) is 4.77. The fourth-order valence-corrected chi connectivity index (χ4v) is 1.98. The molecule has 1 N–H and O–H groups in total. The average Bonchev–Trinajstić information content (AvgIpc) is 2.45. The number of benzene rings is 1. The van der Waals surface area contributed by atoms with Gasteiger partial charge in [-0.15, -0.1) is 0 Å². The lowest BCUT2D eigenvalue weighted by atomic mass is 10.2. The SMILES string of the molecule is CCCCCCCOc1ccc(NC(=O)CCC)cc1. The molecule has 112 valence electrons. The zero-order valence-electron chi connectivity index (χ0n) is 12.8. The lowest BCUT2D eigenvalue weighted by Gasteiger charge is -2.08. The Hall–Kier alpha value is -1.51. The summed E-state index contributed by atoms with van der Waals surface area (Å²) in [6, 6.07) is 7.60. The Morgan fingerprint density at radius 3 is 2.35 bits per heavy atom. The Morgan fingerprint density at radius 2 is 1.70 bits per heavy atom. The summed E-state index contributed by atoms with van der Waals surface area (Å²) < 4.78 is 5.68. The second-order valence-electron chi connectivity index (χ2n) is 5.09. The Balaban J connectivity index is 2.23. The van der Waals surface area contributed by atoms with Crippen LogP contribution in [0.15, 0.2) is 24.3 Å². The Labute approximate surface area is 122 Å². The molecule has 3 heteroatoms. The van der Waals surface area contributed by atoms with Gasteiger partial charge in [-0.3, -0.25) is 4.79 Å². The number of anilines is 1. The first-order valence-corrected chi connectivity index (χ1v) is 7.79. The van der Waals surface area contributed by atoms with Crippen LogP contribution in [-0.2, 0) is 4.79 Å². The molecular formula is C17H27NO2. The largest absolute Gasteiger partial charge is 0.494 e. The van der Waals surface area contributed by atoms with Crippen molar-refractivity contribution in [3.63, 3.8) is 0 Å².